The van der Waals surface area contributed by atoms with Gasteiger partial charge in [-0.1, -0.05) is 30.3 Å². The fraction of sp³-hybridized carbons (Fsp3) is 0.278. The zero-order valence-corrected chi connectivity index (χ0v) is 15.1. The van der Waals surface area contributed by atoms with Gasteiger partial charge in [0.2, 0.25) is 10.0 Å². The van der Waals surface area contributed by atoms with Gasteiger partial charge in [0.1, 0.15) is 0 Å². The number of primary sulfonamides is 1. The lowest BCUT2D eigenvalue weighted by molar-refractivity contribution is 0.0939. The first-order chi connectivity index (χ1) is 11.1. The van der Waals surface area contributed by atoms with Crippen LogP contribution in [0.1, 0.15) is 45.6 Å². The molecule has 5 nitrogen and oxygen atoms in total. The third kappa shape index (κ3) is 3.83. The SMILES string of the molecule is Cc1cc(C)c(S(N)(=O)=O)cc1C(=O)N[C@@H](C)c1ccccc1C. The summed E-state index contributed by atoms with van der Waals surface area (Å²) >= 11 is 0. The van der Waals surface area contributed by atoms with E-state index in [1.165, 1.54) is 6.07 Å². The van der Waals surface area contributed by atoms with Crippen molar-refractivity contribution in [2.24, 2.45) is 5.14 Å². The highest BCUT2D eigenvalue weighted by molar-refractivity contribution is 7.89. The average Bonchev–Trinajstić information content (AvgIpc) is 2.45. The molecule has 0 spiro atoms. The Morgan fingerprint density at radius 3 is 2.25 bits per heavy atom. The van der Waals surface area contributed by atoms with Gasteiger partial charge in [-0.2, -0.15) is 0 Å². The molecule has 0 aliphatic carbocycles. The molecular weight excluding hydrogens is 324 g/mol. The zero-order chi connectivity index (χ0) is 18.1. The Labute approximate surface area is 142 Å². The van der Waals surface area contributed by atoms with Crippen LogP contribution in [-0.2, 0) is 10.0 Å². The molecule has 2 rings (SSSR count). The van der Waals surface area contributed by atoms with Gasteiger partial charge in [-0.25, -0.2) is 13.6 Å². The van der Waals surface area contributed by atoms with Gasteiger partial charge in [0.05, 0.1) is 10.9 Å². The molecule has 0 radical (unpaired) electrons. The highest BCUT2D eigenvalue weighted by Crippen LogP contribution is 2.22. The largest absolute Gasteiger partial charge is 0.345 e. The second-order valence-corrected chi connectivity index (χ2v) is 7.56. The van der Waals surface area contributed by atoms with Crippen molar-refractivity contribution in [3.8, 4) is 0 Å². The number of carbonyl (C=O) groups is 1. The summed E-state index contributed by atoms with van der Waals surface area (Å²) in [5, 5.41) is 8.15. The maximum atomic E-state index is 12.6. The van der Waals surface area contributed by atoms with Gasteiger partial charge in [-0.05, 0) is 56.0 Å². The van der Waals surface area contributed by atoms with Gasteiger partial charge in [-0.15, -0.1) is 0 Å². The molecule has 0 aliphatic rings. The van der Waals surface area contributed by atoms with Crippen LogP contribution in [0.3, 0.4) is 0 Å². The Bertz CT molecular complexity index is 889. The van der Waals surface area contributed by atoms with E-state index in [9.17, 15) is 13.2 Å². The van der Waals surface area contributed by atoms with E-state index in [0.717, 1.165) is 11.1 Å². The molecule has 1 amide bonds. The number of aryl methyl sites for hydroxylation is 3. The van der Waals surface area contributed by atoms with Crippen LogP contribution in [0.2, 0.25) is 0 Å². The third-order valence-corrected chi connectivity index (χ3v) is 5.13. The first-order valence-electron chi connectivity index (χ1n) is 7.61. The quantitative estimate of drug-likeness (QED) is 0.892. The zero-order valence-electron chi connectivity index (χ0n) is 14.3. The molecule has 0 bridgehead atoms. The van der Waals surface area contributed by atoms with Crippen molar-refractivity contribution < 1.29 is 13.2 Å². The molecule has 0 heterocycles. The number of benzene rings is 2. The molecule has 0 saturated carbocycles. The summed E-state index contributed by atoms with van der Waals surface area (Å²) in [6.07, 6.45) is 0. The Morgan fingerprint density at radius 1 is 1.04 bits per heavy atom. The molecule has 6 heteroatoms. The number of hydrogen-bond donors (Lipinski definition) is 2. The molecule has 2 aromatic rings. The van der Waals surface area contributed by atoms with Crippen molar-refractivity contribution in [1.29, 1.82) is 0 Å². The van der Waals surface area contributed by atoms with Gasteiger partial charge in [0, 0.05) is 5.56 Å². The topological polar surface area (TPSA) is 89.3 Å². The molecule has 1 atom stereocenters. The Hall–Kier alpha value is -2.18. The van der Waals surface area contributed by atoms with E-state index >= 15 is 0 Å². The molecule has 0 aromatic heterocycles. The number of hydrogen-bond acceptors (Lipinski definition) is 3. The number of rotatable bonds is 4. The maximum absolute atomic E-state index is 12.6. The van der Waals surface area contributed by atoms with Crippen molar-refractivity contribution in [1.82, 2.24) is 5.32 Å². The molecular formula is C18H22N2O3S. The van der Waals surface area contributed by atoms with E-state index in [0.29, 0.717) is 16.7 Å². The summed E-state index contributed by atoms with van der Waals surface area (Å²) in [6.45, 7) is 7.30. The molecule has 128 valence electrons. The van der Waals surface area contributed by atoms with E-state index in [1.54, 1.807) is 19.9 Å². The number of carbonyl (C=O) groups excluding carboxylic acids is 1. The van der Waals surface area contributed by atoms with Crippen molar-refractivity contribution in [3.05, 3.63) is 64.2 Å². The van der Waals surface area contributed by atoms with Crippen LogP contribution in [0.4, 0.5) is 0 Å². The first kappa shape index (κ1) is 18.2. The van der Waals surface area contributed by atoms with E-state index in [2.05, 4.69) is 5.32 Å². The van der Waals surface area contributed by atoms with E-state index in [1.807, 2.05) is 38.1 Å². The summed E-state index contributed by atoms with van der Waals surface area (Å²) in [7, 11) is -3.87. The lowest BCUT2D eigenvalue weighted by Gasteiger charge is -2.18. The summed E-state index contributed by atoms with van der Waals surface area (Å²) < 4.78 is 23.3. The van der Waals surface area contributed by atoms with E-state index < -0.39 is 10.0 Å². The number of nitrogens with two attached hydrogens (primary N) is 1. The second-order valence-electron chi connectivity index (χ2n) is 6.03. The van der Waals surface area contributed by atoms with E-state index in [4.69, 9.17) is 5.14 Å². The summed E-state index contributed by atoms with van der Waals surface area (Å²) in [5.74, 6) is -0.326. The van der Waals surface area contributed by atoms with Crippen LogP contribution in [0.5, 0.6) is 0 Å². The van der Waals surface area contributed by atoms with Crippen LogP contribution in [0.25, 0.3) is 0 Å². The molecule has 3 N–H and O–H groups in total. The van der Waals surface area contributed by atoms with Crippen molar-refractivity contribution in [2.45, 2.75) is 38.6 Å². The van der Waals surface area contributed by atoms with Gasteiger partial charge in [0.25, 0.3) is 5.91 Å². The van der Waals surface area contributed by atoms with Gasteiger partial charge in [0.15, 0.2) is 0 Å². The third-order valence-electron chi connectivity index (χ3n) is 4.08. The average molecular weight is 346 g/mol. The monoisotopic (exact) mass is 346 g/mol. The lowest BCUT2D eigenvalue weighted by atomic mass is 10.0. The lowest BCUT2D eigenvalue weighted by Crippen LogP contribution is -2.28. The second kappa shape index (κ2) is 6.75. The summed E-state index contributed by atoms with van der Waals surface area (Å²) in [5.41, 5.74) is 3.64. The normalized spacial score (nSPS) is 12.7. The van der Waals surface area contributed by atoms with Crippen LogP contribution >= 0.6 is 0 Å². The predicted octanol–water partition coefficient (Wildman–Crippen LogP) is 2.75. The molecule has 2 aromatic carbocycles. The minimum Gasteiger partial charge on any atom is -0.345 e. The molecule has 0 aliphatic heterocycles. The van der Waals surface area contributed by atoms with E-state index in [-0.39, 0.29) is 16.8 Å². The molecule has 0 fully saturated rings. The molecule has 0 unspecified atom stereocenters. The van der Waals surface area contributed by atoms with Crippen molar-refractivity contribution in [2.75, 3.05) is 0 Å². The van der Waals surface area contributed by atoms with Crippen LogP contribution in [-0.4, -0.2) is 14.3 Å². The minimum atomic E-state index is -3.87. The summed E-state index contributed by atoms with van der Waals surface area (Å²) in [6, 6.07) is 10.6. The smallest absolute Gasteiger partial charge is 0.252 e. The minimum absolute atomic E-state index is 0.0261. The fourth-order valence-corrected chi connectivity index (χ4v) is 3.60. The first-order valence-corrected chi connectivity index (χ1v) is 9.16. The highest BCUT2D eigenvalue weighted by Gasteiger charge is 2.19. The van der Waals surface area contributed by atoms with Crippen LogP contribution in [0.15, 0.2) is 41.3 Å². The fourth-order valence-electron chi connectivity index (χ4n) is 2.81. The van der Waals surface area contributed by atoms with Crippen LogP contribution in [0, 0.1) is 20.8 Å². The molecule has 24 heavy (non-hydrogen) atoms. The Balaban J connectivity index is 2.35. The van der Waals surface area contributed by atoms with Crippen molar-refractivity contribution >= 4 is 15.9 Å². The standard InChI is InChI=1S/C18H22N2O3S/c1-11-7-5-6-8-15(11)14(4)20-18(21)16-10-17(24(19,22)23)13(3)9-12(16)2/h5-10,14H,1-4H3,(H,20,21)(H2,19,22,23)/t14-/m0/s1. The molecule has 0 saturated heterocycles. The van der Waals surface area contributed by atoms with Crippen LogP contribution < -0.4 is 10.5 Å². The number of sulfonamides is 1. The summed E-state index contributed by atoms with van der Waals surface area (Å²) in [4.78, 5) is 12.6. The van der Waals surface area contributed by atoms with Gasteiger partial charge in [-0.3, -0.25) is 4.79 Å². The van der Waals surface area contributed by atoms with Gasteiger partial charge >= 0.3 is 0 Å². The Kier molecular flexibility index (Phi) is 5.11. The Morgan fingerprint density at radius 2 is 1.67 bits per heavy atom. The van der Waals surface area contributed by atoms with Crippen molar-refractivity contribution in [3.63, 3.8) is 0 Å². The number of amides is 1. The number of nitrogens with one attached hydrogen (secondary N) is 1. The van der Waals surface area contributed by atoms with Gasteiger partial charge < -0.3 is 5.32 Å². The highest BCUT2D eigenvalue weighted by atomic mass is 32.2. The predicted molar refractivity (Wildman–Crippen MR) is 94.3 cm³/mol. The maximum Gasteiger partial charge on any atom is 0.252 e.